The summed E-state index contributed by atoms with van der Waals surface area (Å²) in [5, 5.41) is 2.89. The van der Waals surface area contributed by atoms with Gasteiger partial charge < -0.3 is 14.3 Å². The fraction of sp³-hybridized carbons (Fsp3) is 0.217. The van der Waals surface area contributed by atoms with Crippen molar-refractivity contribution in [2.75, 3.05) is 12.4 Å². The van der Waals surface area contributed by atoms with Gasteiger partial charge in [0.05, 0.1) is 29.7 Å². The predicted octanol–water partition coefficient (Wildman–Crippen LogP) is 4.85. The van der Waals surface area contributed by atoms with Gasteiger partial charge in [-0.2, -0.15) is 0 Å². The van der Waals surface area contributed by atoms with E-state index in [-0.39, 0.29) is 11.9 Å². The van der Waals surface area contributed by atoms with Crippen LogP contribution in [0.25, 0.3) is 11.0 Å². The van der Waals surface area contributed by atoms with Crippen molar-refractivity contribution in [3.05, 3.63) is 77.1 Å². The summed E-state index contributed by atoms with van der Waals surface area (Å²) in [5.74, 6) is 0.965. The van der Waals surface area contributed by atoms with Crippen molar-refractivity contribution >= 4 is 22.9 Å². The standard InChI is InChI=1S/C23H24N4O2/c1-14-12-19(16(3)27(14)15(2)17-8-6-5-7-9-17)22(28)26-23-24-20-11-10-18(29-4)13-21(20)25-23/h5-13,15H,1-4H3,(H2,24,25,26,28)/t15-/m0/s1. The Morgan fingerprint density at radius 2 is 1.90 bits per heavy atom. The molecule has 0 aliphatic heterocycles. The molecule has 2 aromatic carbocycles. The first-order valence-corrected chi connectivity index (χ1v) is 9.56. The number of methoxy groups -OCH3 is 1. The highest BCUT2D eigenvalue weighted by atomic mass is 16.5. The molecule has 4 rings (SSSR count). The van der Waals surface area contributed by atoms with Crippen LogP contribution >= 0.6 is 0 Å². The molecule has 2 aromatic heterocycles. The summed E-state index contributed by atoms with van der Waals surface area (Å²) in [7, 11) is 1.62. The number of fused-ring (bicyclic) bond motifs is 1. The maximum Gasteiger partial charge on any atom is 0.259 e. The molecule has 0 aliphatic rings. The normalized spacial score (nSPS) is 12.1. The first-order chi connectivity index (χ1) is 14.0. The lowest BCUT2D eigenvalue weighted by Gasteiger charge is -2.19. The summed E-state index contributed by atoms with van der Waals surface area (Å²) in [6.45, 7) is 6.14. The third kappa shape index (κ3) is 3.49. The van der Waals surface area contributed by atoms with Crippen LogP contribution < -0.4 is 10.1 Å². The Morgan fingerprint density at radius 1 is 1.14 bits per heavy atom. The van der Waals surface area contributed by atoms with Gasteiger partial charge in [0.2, 0.25) is 5.95 Å². The van der Waals surface area contributed by atoms with Crippen molar-refractivity contribution in [1.82, 2.24) is 14.5 Å². The van der Waals surface area contributed by atoms with Gasteiger partial charge in [0.1, 0.15) is 5.75 Å². The van der Waals surface area contributed by atoms with Crippen LogP contribution in [0.4, 0.5) is 5.95 Å². The molecule has 0 bridgehead atoms. The first-order valence-electron chi connectivity index (χ1n) is 9.56. The average molecular weight is 388 g/mol. The van der Waals surface area contributed by atoms with Gasteiger partial charge in [-0.1, -0.05) is 30.3 Å². The number of aryl methyl sites for hydroxylation is 1. The molecule has 0 saturated heterocycles. The number of nitrogens with one attached hydrogen (secondary N) is 2. The molecule has 0 spiro atoms. The summed E-state index contributed by atoms with van der Waals surface area (Å²) >= 11 is 0. The summed E-state index contributed by atoms with van der Waals surface area (Å²) in [6, 6.07) is 17.9. The number of aromatic amines is 1. The number of rotatable bonds is 5. The van der Waals surface area contributed by atoms with E-state index in [2.05, 4.69) is 38.9 Å². The molecule has 2 heterocycles. The van der Waals surface area contributed by atoms with Gasteiger partial charge in [-0.05, 0) is 44.5 Å². The van der Waals surface area contributed by atoms with E-state index in [0.29, 0.717) is 11.5 Å². The second kappa shape index (κ2) is 7.47. The first kappa shape index (κ1) is 18.8. The number of anilines is 1. The smallest absolute Gasteiger partial charge is 0.259 e. The van der Waals surface area contributed by atoms with Crippen molar-refractivity contribution in [1.29, 1.82) is 0 Å². The van der Waals surface area contributed by atoms with Gasteiger partial charge >= 0.3 is 0 Å². The number of hydrogen-bond acceptors (Lipinski definition) is 3. The van der Waals surface area contributed by atoms with Crippen molar-refractivity contribution in [3.63, 3.8) is 0 Å². The number of aromatic nitrogens is 3. The lowest BCUT2D eigenvalue weighted by Crippen LogP contribution is -2.15. The fourth-order valence-electron chi connectivity index (χ4n) is 3.83. The molecule has 0 saturated carbocycles. The number of nitrogens with zero attached hydrogens (tertiary/aromatic N) is 2. The zero-order valence-electron chi connectivity index (χ0n) is 17.0. The second-order valence-electron chi connectivity index (χ2n) is 7.16. The highest BCUT2D eigenvalue weighted by molar-refractivity contribution is 6.05. The largest absolute Gasteiger partial charge is 0.497 e. The molecule has 6 heteroatoms. The minimum atomic E-state index is -0.185. The summed E-state index contributed by atoms with van der Waals surface area (Å²) in [4.78, 5) is 20.5. The molecule has 1 atom stereocenters. The van der Waals surface area contributed by atoms with Crippen molar-refractivity contribution in [3.8, 4) is 5.75 Å². The van der Waals surface area contributed by atoms with Crippen molar-refractivity contribution in [2.45, 2.75) is 26.8 Å². The molecule has 29 heavy (non-hydrogen) atoms. The van der Waals surface area contributed by atoms with Crippen LogP contribution in [-0.4, -0.2) is 27.6 Å². The number of amides is 1. The number of carbonyl (C=O) groups excluding carboxylic acids is 1. The van der Waals surface area contributed by atoms with Gasteiger partial charge in [0.25, 0.3) is 5.91 Å². The lowest BCUT2D eigenvalue weighted by atomic mass is 10.1. The topological polar surface area (TPSA) is 71.9 Å². The van der Waals surface area contributed by atoms with Gasteiger partial charge in [-0.15, -0.1) is 0 Å². The minimum absolute atomic E-state index is 0.136. The van der Waals surface area contributed by atoms with Crippen molar-refractivity contribution in [2.24, 2.45) is 0 Å². The van der Waals surface area contributed by atoms with E-state index in [0.717, 1.165) is 28.2 Å². The van der Waals surface area contributed by atoms with E-state index in [1.807, 2.05) is 56.3 Å². The van der Waals surface area contributed by atoms with Crippen LogP contribution in [0, 0.1) is 13.8 Å². The third-order valence-corrected chi connectivity index (χ3v) is 5.32. The van der Waals surface area contributed by atoms with E-state index in [9.17, 15) is 4.79 Å². The molecule has 0 radical (unpaired) electrons. The quantitative estimate of drug-likeness (QED) is 0.513. The molecule has 0 unspecified atom stereocenters. The molecule has 2 N–H and O–H groups in total. The Balaban J connectivity index is 1.61. The maximum absolute atomic E-state index is 13.0. The Hall–Kier alpha value is -3.54. The van der Waals surface area contributed by atoms with Crippen LogP contribution in [0.1, 0.15) is 40.3 Å². The van der Waals surface area contributed by atoms with Gasteiger partial charge in [0.15, 0.2) is 0 Å². The number of carbonyl (C=O) groups is 1. The van der Waals surface area contributed by atoms with Crippen LogP contribution in [0.2, 0.25) is 0 Å². The number of benzene rings is 2. The Morgan fingerprint density at radius 3 is 2.62 bits per heavy atom. The molecule has 6 nitrogen and oxygen atoms in total. The highest BCUT2D eigenvalue weighted by Crippen LogP contribution is 2.26. The molecular weight excluding hydrogens is 364 g/mol. The monoisotopic (exact) mass is 388 g/mol. The van der Waals surface area contributed by atoms with Crippen LogP contribution in [0.15, 0.2) is 54.6 Å². The van der Waals surface area contributed by atoms with E-state index in [4.69, 9.17) is 4.74 Å². The zero-order chi connectivity index (χ0) is 20.5. The van der Waals surface area contributed by atoms with Crippen LogP contribution in [0.5, 0.6) is 5.75 Å². The molecule has 1 amide bonds. The molecule has 148 valence electrons. The zero-order valence-corrected chi connectivity index (χ0v) is 17.0. The summed E-state index contributed by atoms with van der Waals surface area (Å²) in [5.41, 5.74) is 5.38. The molecule has 0 aliphatic carbocycles. The third-order valence-electron chi connectivity index (χ3n) is 5.32. The lowest BCUT2D eigenvalue weighted by molar-refractivity contribution is 0.102. The van der Waals surface area contributed by atoms with Gasteiger partial charge in [0, 0.05) is 17.5 Å². The number of imidazole rings is 1. The van der Waals surface area contributed by atoms with E-state index >= 15 is 0 Å². The Bertz CT molecular complexity index is 1170. The Labute approximate surface area is 169 Å². The Kier molecular flexibility index (Phi) is 4.84. The van der Waals surface area contributed by atoms with E-state index < -0.39 is 0 Å². The number of ether oxygens (including phenoxy) is 1. The highest BCUT2D eigenvalue weighted by Gasteiger charge is 2.20. The second-order valence-corrected chi connectivity index (χ2v) is 7.16. The minimum Gasteiger partial charge on any atom is -0.497 e. The fourth-order valence-corrected chi connectivity index (χ4v) is 3.83. The molecular formula is C23H24N4O2. The van der Waals surface area contributed by atoms with Crippen molar-refractivity contribution < 1.29 is 9.53 Å². The summed E-state index contributed by atoms with van der Waals surface area (Å²) < 4.78 is 7.42. The maximum atomic E-state index is 13.0. The van der Waals surface area contributed by atoms with Gasteiger partial charge in [-0.25, -0.2) is 4.98 Å². The summed E-state index contributed by atoms with van der Waals surface area (Å²) in [6.07, 6.45) is 0. The van der Waals surface area contributed by atoms with Gasteiger partial charge in [-0.3, -0.25) is 10.1 Å². The number of hydrogen-bond donors (Lipinski definition) is 2. The van der Waals surface area contributed by atoms with Crippen LogP contribution in [0.3, 0.4) is 0 Å². The van der Waals surface area contributed by atoms with E-state index in [1.165, 1.54) is 5.56 Å². The molecule has 0 fully saturated rings. The predicted molar refractivity (Wildman–Crippen MR) is 115 cm³/mol. The average Bonchev–Trinajstić information content (AvgIpc) is 3.26. The van der Waals surface area contributed by atoms with E-state index in [1.54, 1.807) is 7.11 Å². The molecule has 4 aromatic rings. The SMILES string of the molecule is COc1ccc2nc(NC(=O)c3cc(C)n([C@@H](C)c4ccccc4)c3C)[nH]c2c1. The van der Waals surface area contributed by atoms with Crippen LogP contribution in [-0.2, 0) is 0 Å². The number of H-pyrrole nitrogens is 1.